The van der Waals surface area contributed by atoms with Gasteiger partial charge >= 0.3 is 0 Å². The van der Waals surface area contributed by atoms with E-state index in [1.807, 2.05) is 30.3 Å². The summed E-state index contributed by atoms with van der Waals surface area (Å²) in [6, 6.07) is 11.1. The fraction of sp³-hybridized carbons (Fsp3) is 0.0500. The molecule has 0 aliphatic carbocycles. The summed E-state index contributed by atoms with van der Waals surface area (Å²) >= 11 is 0. The molecule has 4 rings (SSSR count). The first-order chi connectivity index (χ1) is 14.2. The molecule has 4 aromatic rings. The molecule has 1 amide bonds. The Morgan fingerprint density at radius 1 is 1.03 bits per heavy atom. The van der Waals surface area contributed by atoms with Gasteiger partial charge in [0.15, 0.2) is 0 Å². The average Bonchev–Trinajstić information content (AvgIpc) is 3.28. The van der Waals surface area contributed by atoms with Crippen molar-refractivity contribution in [1.82, 2.24) is 19.9 Å². The van der Waals surface area contributed by atoms with Gasteiger partial charge in [0.1, 0.15) is 23.5 Å². The molecule has 9 heteroatoms. The van der Waals surface area contributed by atoms with Gasteiger partial charge in [0.2, 0.25) is 5.89 Å². The number of anilines is 3. The van der Waals surface area contributed by atoms with Gasteiger partial charge in [-0.25, -0.2) is 19.9 Å². The molecule has 3 aromatic heterocycles. The largest absolute Gasteiger partial charge is 0.443 e. The lowest BCUT2D eigenvalue weighted by Gasteiger charge is -2.10. The number of hydrogen-bond donors (Lipinski definition) is 3. The fourth-order valence-corrected chi connectivity index (χ4v) is 2.62. The van der Waals surface area contributed by atoms with Crippen LogP contribution < -0.4 is 16.4 Å². The van der Waals surface area contributed by atoms with E-state index in [9.17, 15) is 4.79 Å². The number of benzene rings is 1. The highest BCUT2D eigenvalue weighted by atomic mass is 16.3. The topological polar surface area (TPSA) is 132 Å². The molecule has 0 spiro atoms. The summed E-state index contributed by atoms with van der Waals surface area (Å²) in [6.45, 7) is 0.532. The molecule has 0 aliphatic rings. The number of hydrogen-bond acceptors (Lipinski definition) is 8. The summed E-state index contributed by atoms with van der Waals surface area (Å²) in [7, 11) is 0. The van der Waals surface area contributed by atoms with Gasteiger partial charge in [-0.3, -0.25) is 4.79 Å². The van der Waals surface area contributed by atoms with Crippen molar-refractivity contribution >= 4 is 23.1 Å². The molecule has 0 saturated heterocycles. The number of nitrogens with zero attached hydrogens (tertiary/aromatic N) is 4. The summed E-state index contributed by atoms with van der Waals surface area (Å²) < 4.78 is 5.16. The number of pyridine rings is 1. The standard InChI is InChI=1S/C20H17N7O2/c21-18-15(5-2-6-22-18)24-10-13-3-1-4-14(9-13)27-19(28)16-11-26-17(12-25-16)20-23-7-8-29-20/h1-9,11-12,24H,10H2,(H2,21,22)(H,27,28). The molecule has 0 bridgehead atoms. The third-order valence-corrected chi connectivity index (χ3v) is 4.04. The van der Waals surface area contributed by atoms with E-state index in [2.05, 4.69) is 30.6 Å². The predicted molar refractivity (Wildman–Crippen MR) is 108 cm³/mol. The molecule has 0 radical (unpaired) electrons. The van der Waals surface area contributed by atoms with Crippen molar-refractivity contribution in [1.29, 1.82) is 0 Å². The van der Waals surface area contributed by atoms with E-state index in [1.54, 1.807) is 12.3 Å². The van der Waals surface area contributed by atoms with Crippen LogP contribution in [0.4, 0.5) is 17.2 Å². The first-order valence-electron chi connectivity index (χ1n) is 8.75. The summed E-state index contributed by atoms with van der Waals surface area (Å²) in [5.74, 6) is 0.417. The molecule has 0 saturated carbocycles. The van der Waals surface area contributed by atoms with Gasteiger partial charge in [0.25, 0.3) is 5.91 Å². The van der Waals surface area contributed by atoms with Gasteiger partial charge < -0.3 is 20.8 Å². The number of nitrogens with two attached hydrogens (primary N) is 1. The normalized spacial score (nSPS) is 10.5. The molecule has 4 N–H and O–H groups in total. The van der Waals surface area contributed by atoms with Gasteiger partial charge in [0, 0.05) is 18.4 Å². The van der Waals surface area contributed by atoms with Crippen LogP contribution in [0.25, 0.3) is 11.6 Å². The lowest BCUT2D eigenvalue weighted by Crippen LogP contribution is -2.14. The smallest absolute Gasteiger partial charge is 0.275 e. The Bertz CT molecular complexity index is 1110. The number of oxazole rings is 1. The fourth-order valence-electron chi connectivity index (χ4n) is 2.62. The number of nitrogens with one attached hydrogen (secondary N) is 2. The maximum atomic E-state index is 12.5. The maximum Gasteiger partial charge on any atom is 0.275 e. The van der Waals surface area contributed by atoms with Gasteiger partial charge in [-0.2, -0.15) is 0 Å². The molecule has 144 valence electrons. The van der Waals surface area contributed by atoms with E-state index < -0.39 is 0 Å². The quantitative estimate of drug-likeness (QED) is 0.460. The molecule has 1 aromatic carbocycles. The highest BCUT2D eigenvalue weighted by molar-refractivity contribution is 6.02. The van der Waals surface area contributed by atoms with E-state index in [1.165, 1.54) is 24.9 Å². The number of rotatable bonds is 6. The number of amides is 1. The van der Waals surface area contributed by atoms with Crippen LogP contribution in [0.15, 0.2) is 71.9 Å². The van der Waals surface area contributed by atoms with E-state index in [0.717, 1.165) is 11.3 Å². The van der Waals surface area contributed by atoms with Gasteiger partial charge in [-0.15, -0.1) is 0 Å². The highest BCUT2D eigenvalue weighted by Crippen LogP contribution is 2.17. The number of aromatic nitrogens is 4. The second-order valence-electron chi connectivity index (χ2n) is 6.07. The Hall–Kier alpha value is -4.27. The van der Waals surface area contributed by atoms with Crippen LogP contribution in [0.1, 0.15) is 16.1 Å². The molecule has 3 heterocycles. The minimum atomic E-state index is -0.363. The van der Waals surface area contributed by atoms with Gasteiger partial charge in [0.05, 0.1) is 24.3 Å². The van der Waals surface area contributed by atoms with Crippen LogP contribution in [0.3, 0.4) is 0 Å². The Balaban J connectivity index is 1.41. The zero-order valence-electron chi connectivity index (χ0n) is 15.2. The third-order valence-electron chi connectivity index (χ3n) is 4.04. The summed E-state index contributed by atoms with van der Waals surface area (Å²) in [5.41, 5.74) is 8.84. The van der Waals surface area contributed by atoms with E-state index >= 15 is 0 Å². The van der Waals surface area contributed by atoms with Crippen molar-refractivity contribution in [2.24, 2.45) is 0 Å². The Morgan fingerprint density at radius 3 is 2.72 bits per heavy atom. The van der Waals surface area contributed by atoms with Crippen LogP contribution >= 0.6 is 0 Å². The van der Waals surface area contributed by atoms with E-state index in [4.69, 9.17) is 10.2 Å². The monoisotopic (exact) mass is 387 g/mol. The summed E-state index contributed by atoms with van der Waals surface area (Å²) in [4.78, 5) is 28.8. The van der Waals surface area contributed by atoms with Crippen molar-refractivity contribution in [3.63, 3.8) is 0 Å². The zero-order valence-corrected chi connectivity index (χ0v) is 15.2. The SMILES string of the molecule is Nc1ncccc1NCc1cccc(NC(=O)c2cnc(-c3ncco3)cn2)c1. The van der Waals surface area contributed by atoms with Gasteiger partial charge in [-0.05, 0) is 29.8 Å². The number of nitrogen functional groups attached to an aromatic ring is 1. The molecular weight excluding hydrogens is 370 g/mol. The van der Waals surface area contributed by atoms with Crippen molar-refractivity contribution in [2.45, 2.75) is 6.54 Å². The van der Waals surface area contributed by atoms with Crippen molar-refractivity contribution in [3.05, 3.63) is 78.7 Å². The minimum Gasteiger partial charge on any atom is -0.443 e. The molecule has 0 aliphatic heterocycles. The number of carbonyl (C=O) groups excluding carboxylic acids is 1. The summed E-state index contributed by atoms with van der Waals surface area (Å²) in [6.07, 6.45) is 7.42. The second-order valence-corrected chi connectivity index (χ2v) is 6.07. The van der Waals surface area contributed by atoms with Crippen LogP contribution in [0, 0.1) is 0 Å². The molecular formula is C20H17N7O2. The molecule has 9 nitrogen and oxygen atoms in total. The Kier molecular flexibility index (Phi) is 5.10. The van der Waals surface area contributed by atoms with Crippen LogP contribution in [-0.2, 0) is 6.54 Å². The molecule has 0 unspecified atom stereocenters. The molecule has 0 atom stereocenters. The van der Waals surface area contributed by atoms with Crippen molar-refractivity contribution in [3.8, 4) is 11.6 Å². The van der Waals surface area contributed by atoms with Crippen LogP contribution in [-0.4, -0.2) is 25.8 Å². The predicted octanol–water partition coefficient (Wildman–Crippen LogP) is 2.97. The van der Waals surface area contributed by atoms with Crippen LogP contribution in [0.5, 0.6) is 0 Å². The average molecular weight is 387 g/mol. The van der Waals surface area contributed by atoms with E-state index in [0.29, 0.717) is 29.6 Å². The van der Waals surface area contributed by atoms with Crippen molar-refractivity contribution in [2.75, 3.05) is 16.4 Å². The Labute approximate surface area is 166 Å². The third kappa shape index (κ3) is 4.35. The number of carbonyl (C=O) groups is 1. The lowest BCUT2D eigenvalue weighted by atomic mass is 10.2. The Morgan fingerprint density at radius 2 is 1.97 bits per heavy atom. The summed E-state index contributed by atoms with van der Waals surface area (Å²) in [5, 5.41) is 6.04. The zero-order chi connectivity index (χ0) is 20.1. The molecule has 0 fully saturated rings. The van der Waals surface area contributed by atoms with Crippen LogP contribution in [0.2, 0.25) is 0 Å². The highest BCUT2D eigenvalue weighted by Gasteiger charge is 2.11. The molecule has 29 heavy (non-hydrogen) atoms. The lowest BCUT2D eigenvalue weighted by molar-refractivity contribution is 0.102. The second kappa shape index (κ2) is 8.17. The maximum absolute atomic E-state index is 12.5. The van der Waals surface area contributed by atoms with E-state index in [-0.39, 0.29) is 11.6 Å². The van der Waals surface area contributed by atoms with Crippen molar-refractivity contribution < 1.29 is 9.21 Å². The first kappa shape index (κ1) is 18.1. The van der Waals surface area contributed by atoms with Gasteiger partial charge in [-0.1, -0.05) is 12.1 Å². The minimum absolute atomic E-state index is 0.187. The first-order valence-corrected chi connectivity index (χ1v) is 8.75.